The standard InChI is InChI=1S/C15H20N2S/c1-11-5-3-4-6-13(11)9-12(2)17-10-15-14(16)7-8-18-15/h3-8,12,17H,9-10,16H2,1-2H3. The smallest absolute Gasteiger partial charge is 0.0468 e. The lowest BCUT2D eigenvalue weighted by atomic mass is 10.0. The number of hydrogen-bond donors (Lipinski definition) is 2. The zero-order valence-electron chi connectivity index (χ0n) is 10.9. The van der Waals surface area contributed by atoms with Crippen LogP contribution < -0.4 is 11.1 Å². The molecule has 1 unspecified atom stereocenters. The summed E-state index contributed by atoms with van der Waals surface area (Å²) in [7, 11) is 0. The van der Waals surface area contributed by atoms with Gasteiger partial charge in [-0.3, -0.25) is 0 Å². The van der Waals surface area contributed by atoms with E-state index in [2.05, 4.69) is 43.4 Å². The quantitative estimate of drug-likeness (QED) is 0.865. The number of aryl methyl sites for hydroxylation is 1. The van der Waals surface area contributed by atoms with Gasteiger partial charge in [0, 0.05) is 23.2 Å². The molecule has 0 aliphatic rings. The Bertz CT molecular complexity index is 505. The Morgan fingerprint density at radius 2 is 2.06 bits per heavy atom. The van der Waals surface area contributed by atoms with Crippen molar-refractivity contribution in [3.8, 4) is 0 Å². The van der Waals surface area contributed by atoms with Crippen molar-refractivity contribution in [2.75, 3.05) is 5.73 Å². The number of hydrogen-bond acceptors (Lipinski definition) is 3. The second-order valence-electron chi connectivity index (χ2n) is 4.71. The number of rotatable bonds is 5. The summed E-state index contributed by atoms with van der Waals surface area (Å²) in [6.07, 6.45) is 1.05. The first-order valence-electron chi connectivity index (χ1n) is 6.26. The molecule has 1 aromatic heterocycles. The maximum Gasteiger partial charge on any atom is 0.0468 e. The van der Waals surface area contributed by atoms with Crippen molar-refractivity contribution in [1.29, 1.82) is 0 Å². The number of nitrogens with one attached hydrogen (secondary N) is 1. The van der Waals surface area contributed by atoms with Crippen molar-refractivity contribution < 1.29 is 0 Å². The van der Waals surface area contributed by atoms with Crippen LogP contribution in [0, 0.1) is 6.92 Å². The molecular weight excluding hydrogens is 240 g/mol. The second kappa shape index (κ2) is 6.03. The van der Waals surface area contributed by atoms with Gasteiger partial charge in [0.25, 0.3) is 0 Å². The molecule has 0 spiro atoms. The van der Waals surface area contributed by atoms with E-state index in [1.54, 1.807) is 11.3 Å². The van der Waals surface area contributed by atoms with E-state index in [1.165, 1.54) is 16.0 Å². The fourth-order valence-electron chi connectivity index (χ4n) is 2.00. The molecule has 1 heterocycles. The molecule has 2 rings (SSSR count). The molecule has 2 nitrogen and oxygen atoms in total. The molecule has 3 heteroatoms. The topological polar surface area (TPSA) is 38.0 Å². The molecule has 0 aliphatic heterocycles. The summed E-state index contributed by atoms with van der Waals surface area (Å²) in [6.45, 7) is 5.24. The highest BCUT2D eigenvalue weighted by atomic mass is 32.1. The van der Waals surface area contributed by atoms with Crippen molar-refractivity contribution in [2.45, 2.75) is 32.9 Å². The first-order chi connectivity index (χ1) is 8.66. The summed E-state index contributed by atoms with van der Waals surface area (Å²) in [4.78, 5) is 1.23. The average Bonchev–Trinajstić information content (AvgIpc) is 2.75. The van der Waals surface area contributed by atoms with Gasteiger partial charge in [-0.15, -0.1) is 11.3 Å². The second-order valence-corrected chi connectivity index (χ2v) is 5.71. The summed E-state index contributed by atoms with van der Waals surface area (Å²) in [5.74, 6) is 0. The van der Waals surface area contributed by atoms with E-state index >= 15 is 0 Å². The SMILES string of the molecule is Cc1ccccc1CC(C)NCc1sccc1N. The molecule has 0 amide bonds. The van der Waals surface area contributed by atoms with E-state index < -0.39 is 0 Å². The van der Waals surface area contributed by atoms with E-state index in [9.17, 15) is 0 Å². The molecule has 2 aromatic rings. The summed E-state index contributed by atoms with van der Waals surface area (Å²) >= 11 is 1.71. The highest BCUT2D eigenvalue weighted by Crippen LogP contribution is 2.18. The Morgan fingerprint density at radius 1 is 1.28 bits per heavy atom. The lowest BCUT2D eigenvalue weighted by Gasteiger charge is -2.15. The van der Waals surface area contributed by atoms with Crippen LogP contribution in [0.15, 0.2) is 35.7 Å². The number of anilines is 1. The van der Waals surface area contributed by atoms with Gasteiger partial charge < -0.3 is 11.1 Å². The van der Waals surface area contributed by atoms with Gasteiger partial charge in [0.1, 0.15) is 0 Å². The summed E-state index contributed by atoms with van der Waals surface area (Å²) in [6, 6.07) is 11.0. The van der Waals surface area contributed by atoms with E-state index in [4.69, 9.17) is 5.73 Å². The van der Waals surface area contributed by atoms with Gasteiger partial charge in [-0.1, -0.05) is 24.3 Å². The lowest BCUT2D eigenvalue weighted by molar-refractivity contribution is 0.548. The largest absolute Gasteiger partial charge is 0.398 e. The van der Waals surface area contributed by atoms with Crippen LogP contribution in [0.2, 0.25) is 0 Å². The zero-order chi connectivity index (χ0) is 13.0. The Labute approximate surface area is 113 Å². The number of benzene rings is 1. The maximum atomic E-state index is 5.87. The molecule has 3 N–H and O–H groups in total. The van der Waals surface area contributed by atoms with E-state index in [-0.39, 0.29) is 0 Å². The molecule has 0 saturated heterocycles. The van der Waals surface area contributed by atoms with E-state index in [0.29, 0.717) is 6.04 Å². The minimum atomic E-state index is 0.451. The van der Waals surface area contributed by atoms with Crippen molar-refractivity contribution in [1.82, 2.24) is 5.32 Å². The van der Waals surface area contributed by atoms with Gasteiger partial charge in [-0.2, -0.15) is 0 Å². The zero-order valence-corrected chi connectivity index (χ0v) is 11.8. The van der Waals surface area contributed by atoms with Gasteiger partial charge in [-0.25, -0.2) is 0 Å². The lowest BCUT2D eigenvalue weighted by Crippen LogP contribution is -2.27. The maximum absolute atomic E-state index is 5.87. The predicted octanol–water partition coefficient (Wildman–Crippen LogP) is 3.36. The summed E-state index contributed by atoms with van der Waals surface area (Å²) < 4.78 is 0. The molecule has 1 aromatic carbocycles. The first kappa shape index (κ1) is 13.1. The average molecular weight is 260 g/mol. The fraction of sp³-hybridized carbons (Fsp3) is 0.333. The van der Waals surface area contributed by atoms with Gasteiger partial charge in [-0.05, 0) is 42.8 Å². The molecular formula is C15H20N2S. The highest BCUT2D eigenvalue weighted by molar-refractivity contribution is 7.10. The Morgan fingerprint density at radius 3 is 2.72 bits per heavy atom. The molecule has 0 radical (unpaired) electrons. The molecule has 0 fully saturated rings. The van der Waals surface area contributed by atoms with Crippen LogP contribution in [0.3, 0.4) is 0 Å². The number of nitrogen functional groups attached to an aromatic ring is 1. The van der Waals surface area contributed by atoms with Crippen LogP contribution in [0.25, 0.3) is 0 Å². The molecule has 1 atom stereocenters. The Kier molecular flexibility index (Phi) is 4.39. The molecule has 0 saturated carbocycles. The third kappa shape index (κ3) is 3.34. The monoisotopic (exact) mass is 260 g/mol. The van der Waals surface area contributed by atoms with Crippen molar-refractivity contribution in [3.63, 3.8) is 0 Å². The molecule has 0 bridgehead atoms. The van der Waals surface area contributed by atoms with Gasteiger partial charge >= 0.3 is 0 Å². The fourth-order valence-corrected chi connectivity index (χ4v) is 2.75. The van der Waals surface area contributed by atoms with Gasteiger partial charge in [0.15, 0.2) is 0 Å². The van der Waals surface area contributed by atoms with Gasteiger partial charge in [0.05, 0.1) is 0 Å². The highest BCUT2D eigenvalue weighted by Gasteiger charge is 2.06. The van der Waals surface area contributed by atoms with E-state index in [1.807, 2.05) is 11.4 Å². The molecule has 0 aliphatic carbocycles. The first-order valence-corrected chi connectivity index (χ1v) is 7.14. The normalized spacial score (nSPS) is 12.6. The summed E-state index contributed by atoms with van der Waals surface area (Å²) in [5.41, 5.74) is 9.55. The van der Waals surface area contributed by atoms with Gasteiger partial charge in [0.2, 0.25) is 0 Å². The van der Waals surface area contributed by atoms with Crippen LogP contribution >= 0.6 is 11.3 Å². The third-order valence-electron chi connectivity index (χ3n) is 3.18. The Balaban J connectivity index is 1.88. The van der Waals surface area contributed by atoms with Crippen LogP contribution in [-0.2, 0) is 13.0 Å². The van der Waals surface area contributed by atoms with E-state index in [0.717, 1.165) is 18.7 Å². The third-order valence-corrected chi connectivity index (χ3v) is 4.12. The molecule has 96 valence electrons. The van der Waals surface area contributed by atoms with Crippen LogP contribution in [0.5, 0.6) is 0 Å². The van der Waals surface area contributed by atoms with Crippen LogP contribution in [0.4, 0.5) is 5.69 Å². The number of thiophene rings is 1. The van der Waals surface area contributed by atoms with Crippen molar-refractivity contribution >= 4 is 17.0 Å². The predicted molar refractivity (Wildman–Crippen MR) is 79.9 cm³/mol. The minimum absolute atomic E-state index is 0.451. The number of nitrogens with two attached hydrogens (primary N) is 1. The minimum Gasteiger partial charge on any atom is -0.398 e. The van der Waals surface area contributed by atoms with Crippen molar-refractivity contribution in [2.24, 2.45) is 0 Å². The van der Waals surface area contributed by atoms with Crippen molar-refractivity contribution in [3.05, 3.63) is 51.7 Å². The van der Waals surface area contributed by atoms with Crippen LogP contribution in [0.1, 0.15) is 22.9 Å². The summed E-state index contributed by atoms with van der Waals surface area (Å²) in [5, 5.41) is 5.57. The Hall–Kier alpha value is -1.32. The van der Waals surface area contributed by atoms with Crippen LogP contribution in [-0.4, -0.2) is 6.04 Å². The molecule has 18 heavy (non-hydrogen) atoms.